The molecular weight excluding hydrogens is 296 g/mol. The van der Waals surface area contributed by atoms with Crippen LogP contribution in [0.2, 0.25) is 0 Å². The molecule has 6 nitrogen and oxygen atoms in total. The van der Waals surface area contributed by atoms with Crippen molar-refractivity contribution in [3.05, 3.63) is 46.5 Å². The van der Waals surface area contributed by atoms with Crippen molar-refractivity contribution in [2.24, 2.45) is 0 Å². The van der Waals surface area contributed by atoms with Gasteiger partial charge in [-0.1, -0.05) is 12.1 Å². The number of hydrogen-bond acceptors (Lipinski definition) is 7. The molecule has 0 aliphatic heterocycles. The fraction of sp³-hybridized carbons (Fsp3) is 0. The maximum absolute atomic E-state index is 10.7. The lowest BCUT2D eigenvalue weighted by atomic mass is 10.3. The summed E-state index contributed by atoms with van der Waals surface area (Å²) in [6.45, 7) is 0. The largest absolute Gasteiger partial charge is 0.378 e. The summed E-state index contributed by atoms with van der Waals surface area (Å²) in [6, 6.07) is 10.8. The molecule has 0 saturated heterocycles. The highest BCUT2D eigenvalue weighted by Gasteiger charge is 2.14. The minimum atomic E-state index is -0.547. The Balaban J connectivity index is 1.90. The van der Waals surface area contributed by atoms with Crippen molar-refractivity contribution in [3.8, 4) is 0 Å². The molecule has 2 N–H and O–H groups in total. The summed E-state index contributed by atoms with van der Waals surface area (Å²) >= 11 is 2.89. The molecule has 0 bridgehead atoms. The number of anilines is 1. The Morgan fingerprint density at radius 1 is 1.20 bits per heavy atom. The summed E-state index contributed by atoms with van der Waals surface area (Å²) in [5, 5.41) is 11.3. The Hall–Kier alpha value is -2.19. The minimum Gasteiger partial charge on any atom is -0.378 e. The molecule has 0 spiro atoms. The van der Waals surface area contributed by atoms with Gasteiger partial charge in [0.15, 0.2) is 4.34 Å². The molecule has 0 amide bonds. The Labute approximate surface area is 121 Å². The van der Waals surface area contributed by atoms with Crippen LogP contribution in [-0.4, -0.2) is 14.9 Å². The van der Waals surface area contributed by atoms with E-state index in [2.05, 4.69) is 9.97 Å². The smallest absolute Gasteiger partial charge is 0.311 e. The first kappa shape index (κ1) is 12.8. The molecule has 3 aromatic rings. The van der Waals surface area contributed by atoms with Gasteiger partial charge < -0.3 is 5.73 Å². The summed E-state index contributed by atoms with van der Waals surface area (Å²) < 4.78 is 1.91. The van der Waals surface area contributed by atoms with Crippen LogP contribution in [0.4, 0.5) is 11.5 Å². The molecule has 2 aromatic heterocycles. The van der Waals surface area contributed by atoms with Gasteiger partial charge in [0.25, 0.3) is 0 Å². The van der Waals surface area contributed by atoms with Crippen molar-refractivity contribution >= 4 is 44.8 Å². The highest BCUT2D eigenvalue weighted by Crippen LogP contribution is 2.34. The highest BCUT2D eigenvalue weighted by molar-refractivity contribution is 8.01. The summed E-state index contributed by atoms with van der Waals surface area (Å²) in [7, 11) is 0. The number of nitrogen functional groups attached to an aromatic ring is 1. The third-order valence-electron chi connectivity index (χ3n) is 2.54. The topological polar surface area (TPSA) is 94.9 Å². The molecule has 8 heteroatoms. The molecule has 20 heavy (non-hydrogen) atoms. The first-order chi connectivity index (χ1) is 9.63. The number of para-hydroxylation sites is 1. The molecule has 0 aliphatic carbocycles. The molecule has 1 aromatic carbocycles. The number of fused-ring (bicyclic) bond motifs is 1. The second-order valence-electron chi connectivity index (χ2n) is 3.86. The van der Waals surface area contributed by atoms with Gasteiger partial charge in [-0.2, -0.15) is 0 Å². The Morgan fingerprint density at radius 2 is 2.00 bits per heavy atom. The molecule has 0 atom stereocenters. The standard InChI is InChI=1S/C12H8N4O2S2/c13-11-8(16(17)18)5-6-10(15-11)20-12-14-7-3-1-2-4-9(7)19-12/h1-6H,(H2,13,15). The Bertz CT molecular complexity index is 770. The quantitative estimate of drug-likeness (QED) is 0.589. The number of nitro groups is 1. The molecule has 0 radical (unpaired) electrons. The maximum atomic E-state index is 10.7. The van der Waals surface area contributed by atoms with Gasteiger partial charge in [-0.15, -0.1) is 11.3 Å². The van der Waals surface area contributed by atoms with E-state index >= 15 is 0 Å². The lowest BCUT2D eigenvalue weighted by Gasteiger charge is -1.99. The zero-order valence-electron chi connectivity index (χ0n) is 10.0. The van der Waals surface area contributed by atoms with Crippen molar-refractivity contribution in [1.29, 1.82) is 0 Å². The summed E-state index contributed by atoms with van der Waals surface area (Å²) in [5.41, 5.74) is 6.31. The van der Waals surface area contributed by atoms with Crippen LogP contribution in [-0.2, 0) is 0 Å². The molecule has 0 saturated carbocycles. The first-order valence-corrected chi connectivity index (χ1v) is 7.21. The third kappa shape index (κ3) is 2.43. The van der Waals surface area contributed by atoms with Crippen LogP contribution in [0, 0.1) is 10.1 Å². The van der Waals surface area contributed by atoms with E-state index in [-0.39, 0.29) is 11.5 Å². The van der Waals surface area contributed by atoms with Crippen LogP contribution in [0.3, 0.4) is 0 Å². The second-order valence-corrected chi connectivity index (χ2v) is 6.16. The van der Waals surface area contributed by atoms with E-state index in [1.54, 1.807) is 17.4 Å². The van der Waals surface area contributed by atoms with Crippen LogP contribution in [0.1, 0.15) is 0 Å². The number of nitrogens with two attached hydrogens (primary N) is 1. The fourth-order valence-electron chi connectivity index (χ4n) is 1.64. The minimum absolute atomic E-state index is 0.0823. The van der Waals surface area contributed by atoms with Crippen molar-refractivity contribution in [2.45, 2.75) is 9.37 Å². The summed E-state index contributed by atoms with van der Waals surface area (Å²) in [6.07, 6.45) is 0. The zero-order chi connectivity index (χ0) is 14.1. The predicted molar refractivity (Wildman–Crippen MR) is 79.0 cm³/mol. The summed E-state index contributed by atoms with van der Waals surface area (Å²) in [5.74, 6) is -0.0823. The SMILES string of the molecule is Nc1nc(Sc2nc3ccccc3s2)ccc1[N+](=O)[O-]. The van der Waals surface area contributed by atoms with Crippen molar-refractivity contribution in [1.82, 2.24) is 9.97 Å². The Kier molecular flexibility index (Phi) is 3.25. The number of rotatable bonds is 3. The monoisotopic (exact) mass is 304 g/mol. The zero-order valence-corrected chi connectivity index (χ0v) is 11.6. The first-order valence-electron chi connectivity index (χ1n) is 5.58. The van der Waals surface area contributed by atoms with E-state index in [0.29, 0.717) is 5.03 Å². The number of thiazole rings is 1. The molecule has 0 fully saturated rings. The van der Waals surface area contributed by atoms with Gasteiger partial charge in [0.05, 0.1) is 15.1 Å². The Morgan fingerprint density at radius 3 is 2.70 bits per heavy atom. The predicted octanol–water partition coefficient (Wildman–Crippen LogP) is 3.33. The molecule has 0 unspecified atom stereocenters. The number of benzene rings is 1. The lowest BCUT2D eigenvalue weighted by molar-refractivity contribution is -0.384. The van der Waals surface area contributed by atoms with Crippen LogP contribution < -0.4 is 5.73 Å². The van der Waals surface area contributed by atoms with Crippen LogP contribution >= 0.6 is 23.1 Å². The summed E-state index contributed by atoms with van der Waals surface area (Å²) in [4.78, 5) is 18.6. The number of pyridine rings is 1. The van der Waals surface area contributed by atoms with Crippen molar-refractivity contribution in [2.75, 3.05) is 5.73 Å². The highest BCUT2D eigenvalue weighted by atomic mass is 32.2. The van der Waals surface area contributed by atoms with E-state index < -0.39 is 4.92 Å². The molecule has 3 rings (SSSR count). The average Bonchev–Trinajstić information content (AvgIpc) is 2.80. The van der Waals surface area contributed by atoms with E-state index in [1.807, 2.05) is 24.3 Å². The van der Waals surface area contributed by atoms with Gasteiger partial charge in [0.1, 0.15) is 5.03 Å². The van der Waals surface area contributed by atoms with Gasteiger partial charge in [-0.25, -0.2) is 9.97 Å². The fourth-order valence-corrected chi connectivity index (χ4v) is 3.64. The van der Waals surface area contributed by atoms with Crippen LogP contribution in [0.25, 0.3) is 10.2 Å². The van der Waals surface area contributed by atoms with Gasteiger partial charge >= 0.3 is 5.69 Å². The molecular formula is C12H8N4O2S2. The maximum Gasteiger partial charge on any atom is 0.311 e. The third-order valence-corrected chi connectivity index (χ3v) is 4.57. The van der Waals surface area contributed by atoms with E-state index in [9.17, 15) is 10.1 Å². The molecule has 100 valence electrons. The molecule has 0 aliphatic rings. The molecule has 2 heterocycles. The van der Waals surface area contributed by atoms with Gasteiger partial charge in [0, 0.05) is 6.07 Å². The van der Waals surface area contributed by atoms with Crippen LogP contribution in [0.15, 0.2) is 45.8 Å². The van der Waals surface area contributed by atoms with E-state index in [4.69, 9.17) is 5.73 Å². The van der Waals surface area contributed by atoms with Gasteiger partial charge in [0.2, 0.25) is 5.82 Å². The number of hydrogen-bond donors (Lipinski definition) is 1. The average molecular weight is 304 g/mol. The van der Waals surface area contributed by atoms with Crippen molar-refractivity contribution in [3.63, 3.8) is 0 Å². The van der Waals surface area contributed by atoms with Crippen LogP contribution in [0.5, 0.6) is 0 Å². The van der Waals surface area contributed by atoms with E-state index in [1.165, 1.54) is 17.8 Å². The lowest BCUT2D eigenvalue weighted by Crippen LogP contribution is -1.98. The number of nitrogens with zero attached hydrogens (tertiary/aromatic N) is 3. The van der Waals surface area contributed by atoms with Gasteiger partial charge in [-0.3, -0.25) is 10.1 Å². The van der Waals surface area contributed by atoms with E-state index in [0.717, 1.165) is 14.6 Å². The van der Waals surface area contributed by atoms with Gasteiger partial charge in [-0.05, 0) is 30.0 Å². The van der Waals surface area contributed by atoms with Crippen molar-refractivity contribution < 1.29 is 4.92 Å². The normalized spacial score (nSPS) is 10.8. The second kappa shape index (κ2) is 5.06. The number of aromatic nitrogens is 2.